The number of aliphatic hydroxyl groups is 8. The van der Waals surface area contributed by atoms with Crippen molar-refractivity contribution in [3.05, 3.63) is 97.2 Å². The van der Waals surface area contributed by atoms with Gasteiger partial charge in [0.2, 0.25) is 5.91 Å². The molecule has 2 heterocycles. The van der Waals surface area contributed by atoms with E-state index in [1.54, 1.807) is 6.08 Å². The van der Waals surface area contributed by atoms with Gasteiger partial charge in [0.15, 0.2) is 12.6 Å². The van der Waals surface area contributed by atoms with Crippen LogP contribution in [-0.4, -0.2) is 140 Å². The van der Waals surface area contributed by atoms with Crippen LogP contribution in [0.5, 0.6) is 0 Å². The van der Waals surface area contributed by atoms with Crippen molar-refractivity contribution in [2.75, 3.05) is 19.8 Å². The van der Waals surface area contributed by atoms with Crippen LogP contribution in [0.1, 0.15) is 277 Å². The summed E-state index contributed by atoms with van der Waals surface area (Å²) in [7, 11) is 0. The van der Waals surface area contributed by atoms with Gasteiger partial charge in [-0.05, 0) is 83.5 Å². The molecule has 0 aromatic heterocycles. The summed E-state index contributed by atoms with van der Waals surface area (Å²) in [6.45, 7) is 2.68. The molecule has 89 heavy (non-hydrogen) atoms. The van der Waals surface area contributed by atoms with Crippen LogP contribution in [-0.2, 0) is 23.7 Å². The highest BCUT2D eigenvalue weighted by Crippen LogP contribution is 2.30. The topological polar surface area (TPSA) is 228 Å². The Balaban J connectivity index is 1.62. The van der Waals surface area contributed by atoms with Gasteiger partial charge in [0, 0.05) is 6.42 Å². The third-order valence-corrected chi connectivity index (χ3v) is 17.0. The Labute approximate surface area is 541 Å². The fraction of sp³-hybridized carbons (Fsp3) is 0.773. The zero-order valence-electron chi connectivity index (χ0n) is 55.9. The quantitative estimate of drug-likeness (QED) is 0.0204. The van der Waals surface area contributed by atoms with Gasteiger partial charge in [-0.25, -0.2) is 0 Å². The maximum atomic E-state index is 13.3. The number of carbonyl (C=O) groups excluding carboxylic acids is 1. The Morgan fingerprint density at radius 2 is 0.787 bits per heavy atom. The van der Waals surface area contributed by atoms with E-state index in [0.29, 0.717) is 12.8 Å². The number of hydrogen-bond acceptors (Lipinski definition) is 13. The highest BCUT2D eigenvalue weighted by atomic mass is 16.7. The minimum absolute atomic E-state index is 0.249. The van der Waals surface area contributed by atoms with Crippen LogP contribution in [0.15, 0.2) is 97.2 Å². The van der Waals surface area contributed by atoms with E-state index in [2.05, 4.69) is 104 Å². The second kappa shape index (κ2) is 58.7. The van der Waals surface area contributed by atoms with E-state index >= 15 is 0 Å². The smallest absolute Gasteiger partial charge is 0.220 e. The normalized spacial score (nSPS) is 23.6. The molecule has 2 rings (SSSR count). The molecule has 514 valence electrons. The molecule has 14 heteroatoms. The van der Waals surface area contributed by atoms with Gasteiger partial charge in [-0.2, -0.15) is 0 Å². The Bertz CT molecular complexity index is 1860. The Hall–Kier alpha value is -3.09. The van der Waals surface area contributed by atoms with Crippen molar-refractivity contribution in [2.24, 2.45) is 0 Å². The molecule has 0 spiro atoms. The number of allylic oxidation sites excluding steroid dienone is 15. The largest absolute Gasteiger partial charge is 0.394 e. The van der Waals surface area contributed by atoms with Crippen molar-refractivity contribution in [3.8, 4) is 0 Å². The summed E-state index contributed by atoms with van der Waals surface area (Å²) in [5.74, 6) is -0.249. The van der Waals surface area contributed by atoms with Crippen molar-refractivity contribution in [1.29, 1.82) is 0 Å². The molecule has 1 amide bonds. The third kappa shape index (κ3) is 42.7. The summed E-state index contributed by atoms with van der Waals surface area (Å²) < 4.78 is 22.8. The van der Waals surface area contributed by atoms with Crippen molar-refractivity contribution >= 4 is 5.91 Å². The average Bonchev–Trinajstić information content (AvgIpc) is 1.44. The van der Waals surface area contributed by atoms with Gasteiger partial charge < -0.3 is 65.1 Å². The summed E-state index contributed by atoms with van der Waals surface area (Å²) in [6, 6.07) is -0.935. The summed E-state index contributed by atoms with van der Waals surface area (Å²) in [6.07, 6.45) is 66.1. The van der Waals surface area contributed by atoms with E-state index in [4.69, 9.17) is 18.9 Å². The van der Waals surface area contributed by atoms with E-state index in [9.17, 15) is 45.6 Å². The molecule has 12 atom stereocenters. The van der Waals surface area contributed by atoms with Crippen LogP contribution < -0.4 is 5.32 Å². The molecule has 2 aliphatic heterocycles. The molecule has 0 aromatic carbocycles. The van der Waals surface area contributed by atoms with Gasteiger partial charge >= 0.3 is 0 Å². The first-order valence-electron chi connectivity index (χ1n) is 36.0. The molecular weight excluding hydrogens is 1120 g/mol. The number of carbonyl (C=O) groups is 1. The first-order valence-corrected chi connectivity index (χ1v) is 36.0. The number of ether oxygens (including phenoxy) is 4. The summed E-state index contributed by atoms with van der Waals surface area (Å²) in [4.78, 5) is 13.3. The summed E-state index contributed by atoms with van der Waals surface area (Å²) >= 11 is 0. The number of unbranched alkanes of at least 4 members (excludes halogenated alkanes) is 31. The molecule has 2 saturated heterocycles. The molecule has 0 bridgehead atoms. The Morgan fingerprint density at radius 1 is 0.416 bits per heavy atom. The molecule has 12 unspecified atom stereocenters. The fourth-order valence-electron chi connectivity index (χ4n) is 11.3. The second-order valence-electron chi connectivity index (χ2n) is 25.0. The highest BCUT2D eigenvalue weighted by Gasteiger charge is 2.51. The van der Waals surface area contributed by atoms with Gasteiger partial charge in [-0.3, -0.25) is 4.79 Å². The molecule has 0 aliphatic carbocycles. The van der Waals surface area contributed by atoms with Crippen molar-refractivity contribution < 1.29 is 64.6 Å². The van der Waals surface area contributed by atoms with Crippen molar-refractivity contribution in [2.45, 2.75) is 351 Å². The zero-order valence-corrected chi connectivity index (χ0v) is 55.9. The highest BCUT2D eigenvalue weighted by molar-refractivity contribution is 5.76. The lowest BCUT2D eigenvalue weighted by Gasteiger charge is -2.46. The Kier molecular flexibility index (Phi) is 54.1. The third-order valence-electron chi connectivity index (χ3n) is 17.0. The van der Waals surface area contributed by atoms with E-state index in [-0.39, 0.29) is 18.9 Å². The lowest BCUT2D eigenvalue weighted by Crippen LogP contribution is -2.65. The van der Waals surface area contributed by atoms with Crippen LogP contribution in [0.25, 0.3) is 0 Å². The van der Waals surface area contributed by atoms with Crippen LogP contribution in [0.3, 0.4) is 0 Å². The second-order valence-corrected chi connectivity index (χ2v) is 25.0. The summed E-state index contributed by atoms with van der Waals surface area (Å²) in [5.41, 5.74) is 0. The number of rotatable bonds is 58. The van der Waals surface area contributed by atoms with Gasteiger partial charge in [0.05, 0.1) is 32.0 Å². The maximum absolute atomic E-state index is 13.3. The average molecular weight is 1250 g/mol. The Morgan fingerprint density at radius 3 is 1.24 bits per heavy atom. The predicted octanol–water partition coefficient (Wildman–Crippen LogP) is 15.0. The minimum Gasteiger partial charge on any atom is -0.394 e. The van der Waals surface area contributed by atoms with Crippen molar-refractivity contribution in [1.82, 2.24) is 5.32 Å². The van der Waals surface area contributed by atoms with Gasteiger partial charge in [-0.15, -0.1) is 0 Å². The van der Waals surface area contributed by atoms with Gasteiger partial charge in [0.1, 0.15) is 48.8 Å². The molecule has 14 nitrogen and oxygen atoms in total. The van der Waals surface area contributed by atoms with Gasteiger partial charge in [0.25, 0.3) is 0 Å². The first-order chi connectivity index (χ1) is 43.6. The summed E-state index contributed by atoms with van der Waals surface area (Å²) in [5, 5.41) is 87.4. The lowest BCUT2D eigenvalue weighted by molar-refractivity contribution is -0.359. The van der Waals surface area contributed by atoms with Crippen LogP contribution >= 0.6 is 0 Å². The number of hydrogen-bond donors (Lipinski definition) is 9. The first kappa shape index (κ1) is 82.0. The number of nitrogens with one attached hydrogen (secondary N) is 1. The fourth-order valence-corrected chi connectivity index (χ4v) is 11.3. The van der Waals surface area contributed by atoms with Crippen LogP contribution in [0, 0.1) is 0 Å². The van der Waals surface area contributed by atoms with Crippen LogP contribution in [0.2, 0.25) is 0 Å². The molecule has 0 aromatic rings. The molecule has 0 saturated carbocycles. The molecule has 0 radical (unpaired) electrons. The number of amides is 1. The van der Waals surface area contributed by atoms with E-state index in [0.717, 1.165) is 70.6 Å². The lowest BCUT2D eigenvalue weighted by atomic mass is 9.97. The van der Waals surface area contributed by atoms with Crippen LogP contribution in [0.4, 0.5) is 0 Å². The van der Waals surface area contributed by atoms with E-state index in [1.807, 2.05) is 6.08 Å². The van der Waals surface area contributed by atoms with E-state index < -0.39 is 86.8 Å². The monoisotopic (exact) mass is 1250 g/mol. The zero-order chi connectivity index (χ0) is 64.5. The van der Waals surface area contributed by atoms with Crippen molar-refractivity contribution in [3.63, 3.8) is 0 Å². The molecule has 9 N–H and O–H groups in total. The predicted molar refractivity (Wildman–Crippen MR) is 364 cm³/mol. The minimum atomic E-state index is -1.79. The molecular formula is C75H131NO13. The SMILES string of the molecule is CC/C=C\C/C=C\C/C=C\C/C=C\C/C=C\C/C=C\CCCCCCCCCCCCCCCCCCCCC(=O)NC(COC1OC(CO)C(OC2OC(CO)C(O)C(O)C2O)C(O)C1O)C(O)/C=C/CC/C=C/CCCCCCCCCCCCCC. The standard InChI is InChI=1S/C75H131NO13/c1-3-5-7-9-11-13-15-17-19-21-23-24-25-26-27-28-29-30-31-32-33-34-35-36-37-38-39-40-41-43-45-47-49-51-53-55-57-59-67(80)76-63(64(79)58-56-54-52-50-48-46-44-42-22-20-18-16-14-12-10-8-6-4-2)62-86-74-72(85)70(83)73(66(61-78)88-74)89-75-71(84)69(82)68(81)65(60-77)87-75/h5,7,11,13,17,19,23-24,26-27,29-30,48,50,56,58,63-66,68-75,77-79,81-85H,3-4,6,8-10,12,14-16,18,20-22,25,28,31-47,49,51-55,57,59-62H2,1-2H3,(H,76,80)/b7-5-,13-11-,19-17-,24-23-,27-26-,30-29-,50-48+,58-56+. The van der Waals surface area contributed by atoms with E-state index in [1.165, 1.54) is 173 Å². The molecule has 2 fully saturated rings. The maximum Gasteiger partial charge on any atom is 0.220 e. The number of aliphatic hydroxyl groups excluding tert-OH is 8. The van der Waals surface area contributed by atoms with Gasteiger partial charge in [-0.1, -0.05) is 284 Å². The molecule has 2 aliphatic rings.